The summed E-state index contributed by atoms with van der Waals surface area (Å²) in [6, 6.07) is -0.546. The van der Waals surface area contributed by atoms with Crippen molar-refractivity contribution >= 4 is 11.9 Å². The van der Waals surface area contributed by atoms with E-state index in [1.54, 1.807) is 0 Å². The normalized spacial score (nSPS) is 12.5. The van der Waals surface area contributed by atoms with Gasteiger partial charge in [0.15, 0.2) is 0 Å². The first-order valence-electron chi connectivity index (χ1n) is 36.4. The predicted octanol–water partition coefficient (Wildman–Crippen LogP) is 23.5. The minimum absolute atomic E-state index is 0.0176. The van der Waals surface area contributed by atoms with E-state index >= 15 is 0 Å². The molecule has 0 aliphatic rings. The van der Waals surface area contributed by atoms with Crippen LogP contribution in [0.25, 0.3) is 0 Å². The lowest BCUT2D eigenvalue weighted by Gasteiger charge is -2.22. The highest BCUT2D eigenvalue weighted by atomic mass is 16.5. The van der Waals surface area contributed by atoms with Crippen molar-refractivity contribution in [2.45, 2.75) is 431 Å². The second-order valence-corrected chi connectivity index (χ2v) is 25.3. The molecule has 0 aromatic rings. The molecule has 0 saturated carbocycles. The highest BCUT2D eigenvalue weighted by molar-refractivity contribution is 5.76. The zero-order chi connectivity index (χ0) is 57.1. The summed E-state index contributed by atoms with van der Waals surface area (Å²) in [4.78, 5) is 24.7. The lowest BCUT2D eigenvalue weighted by Crippen LogP contribution is -2.45. The van der Waals surface area contributed by atoms with Gasteiger partial charge < -0.3 is 20.3 Å². The Morgan fingerprint density at radius 1 is 0.342 bits per heavy atom. The molecule has 2 unspecified atom stereocenters. The number of hydrogen-bond acceptors (Lipinski definition) is 5. The standard InChI is InChI=1S/C73H143NO5/c1-3-5-7-9-11-13-15-17-19-21-23-30-33-37-41-45-49-53-57-61-65-71(76)70(69-75)74-72(77)66-62-58-54-50-46-42-38-34-31-27-25-24-26-28-32-36-40-44-48-52-56-60-64-68-79-73(78)67-63-59-55-51-47-43-39-35-29-22-20-18-16-14-12-10-8-6-4-2/h27,31,70-71,75-76H,3-26,28-30,32-69H2,1-2H3,(H,74,77)/b31-27-. The van der Waals surface area contributed by atoms with Crippen molar-refractivity contribution in [2.24, 2.45) is 0 Å². The number of unbranched alkanes of at least 4 members (excludes halogenated alkanes) is 56. The third-order valence-electron chi connectivity index (χ3n) is 17.3. The molecule has 2 atom stereocenters. The SMILES string of the molecule is CCCCCCCCCCCCCCCCCCCCCCC(O)C(CO)NC(=O)CCCCCCCCC/C=C\CCCCCCCCCCCCCCOC(=O)CCCCCCCCCCCCCCCCCCCCC. The van der Waals surface area contributed by atoms with Crippen LogP contribution < -0.4 is 5.32 Å². The van der Waals surface area contributed by atoms with E-state index in [4.69, 9.17) is 4.74 Å². The number of aliphatic hydroxyl groups excluding tert-OH is 2. The van der Waals surface area contributed by atoms with E-state index in [1.807, 2.05) is 0 Å². The summed E-state index contributed by atoms with van der Waals surface area (Å²) in [6.07, 6.45) is 85.5. The zero-order valence-electron chi connectivity index (χ0n) is 53.9. The van der Waals surface area contributed by atoms with Crippen molar-refractivity contribution in [1.82, 2.24) is 5.32 Å². The van der Waals surface area contributed by atoms with Crippen molar-refractivity contribution < 1.29 is 24.5 Å². The van der Waals surface area contributed by atoms with Gasteiger partial charge in [0.05, 0.1) is 25.4 Å². The predicted molar refractivity (Wildman–Crippen MR) is 347 cm³/mol. The summed E-state index contributed by atoms with van der Waals surface area (Å²) in [5.41, 5.74) is 0. The Balaban J connectivity index is 3.38. The van der Waals surface area contributed by atoms with Crippen LogP contribution in [0.3, 0.4) is 0 Å². The molecule has 0 fully saturated rings. The highest BCUT2D eigenvalue weighted by Gasteiger charge is 2.20. The molecule has 1 amide bonds. The molecule has 0 aromatic heterocycles. The number of rotatable bonds is 69. The number of nitrogens with one attached hydrogen (secondary N) is 1. The average molecular weight is 1110 g/mol. The van der Waals surface area contributed by atoms with Crippen LogP contribution in [0.15, 0.2) is 12.2 Å². The van der Waals surface area contributed by atoms with E-state index < -0.39 is 12.1 Å². The second-order valence-electron chi connectivity index (χ2n) is 25.3. The molecule has 470 valence electrons. The monoisotopic (exact) mass is 1110 g/mol. The molecular formula is C73H143NO5. The third-order valence-corrected chi connectivity index (χ3v) is 17.3. The molecule has 6 nitrogen and oxygen atoms in total. The van der Waals surface area contributed by atoms with Crippen LogP contribution >= 0.6 is 0 Å². The Labute approximate surface area is 495 Å². The van der Waals surface area contributed by atoms with E-state index in [9.17, 15) is 19.8 Å². The number of allylic oxidation sites excluding steroid dienone is 2. The number of hydrogen-bond donors (Lipinski definition) is 3. The Morgan fingerprint density at radius 2 is 0.595 bits per heavy atom. The Morgan fingerprint density at radius 3 is 0.899 bits per heavy atom. The van der Waals surface area contributed by atoms with Crippen LogP contribution in [0, 0.1) is 0 Å². The molecule has 0 heterocycles. The van der Waals surface area contributed by atoms with Gasteiger partial charge in [0.1, 0.15) is 0 Å². The van der Waals surface area contributed by atoms with Gasteiger partial charge in [-0.3, -0.25) is 9.59 Å². The summed E-state index contributed by atoms with van der Waals surface area (Å²) < 4.78 is 5.51. The Bertz CT molecular complexity index is 1190. The van der Waals surface area contributed by atoms with E-state index in [1.165, 1.54) is 347 Å². The van der Waals surface area contributed by atoms with Crippen LogP contribution in [0.4, 0.5) is 0 Å². The molecule has 0 radical (unpaired) electrons. The zero-order valence-corrected chi connectivity index (χ0v) is 53.9. The Kier molecular flexibility index (Phi) is 67.9. The van der Waals surface area contributed by atoms with E-state index in [0.717, 1.165) is 38.5 Å². The quantitative estimate of drug-likeness (QED) is 0.0320. The number of carbonyl (C=O) groups is 2. The van der Waals surface area contributed by atoms with Crippen molar-refractivity contribution in [1.29, 1.82) is 0 Å². The largest absolute Gasteiger partial charge is 0.466 e. The van der Waals surface area contributed by atoms with Gasteiger partial charge in [-0.05, 0) is 51.4 Å². The van der Waals surface area contributed by atoms with Crippen molar-refractivity contribution in [3.63, 3.8) is 0 Å². The van der Waals surface area contributed by atoms with Crippen LogP contribution in [-0.2, 0) is 14.3 Å². The maximum Gasteiger partial charge on any atom is 0.305 e. The second kappa shape index (κ2) is 69.1. The van der Waals surface area contributed by atoms with Crippen LogP contribution in [0.2, 0.25) is 0 Å². The van der Waals surface area contributed by atoms with Crippen molar-refractivity contribution in [3.8, 4) is 0 Å². The fourth-order valence-electron chi connectivity index (χ4n) is 11.8. The fraction of sp³-hybridized carbons (Fsp3) is 0.945. The number of ether oxygens (including phenoxy) is 1. The fourth-order valence-corrected chi connectivity index (χ4v) is 11.8. The van der Waals surface area contributed by atoms with Gasteiger partial charge in [-0.2, -0.15) is 0 Å². The summed E-state index contributed by atoms with van der Waals surface area (Å²) in [6.45, 7) is 5.00. The number of amides is 1. The van der Waals surface area contributed by atoms with E-state index in [0.29, 0.717) is 25.9 Å². The average Bonchev–Trinajstić information content (AvgIpc) is 3.45. The van der Waals surface area contributed by atoms with E-state index in [2.05, 4.69) is 31.3 Å². The number of aliphatic hydroxyl groups is 2. The van der Waals surface area contributed by atoms with Gasteiger partial charge in [-0.15, -0.1) is 0 Å². The van der Waals surface area contributed by atoms with Gasteiger partial charge in [0, 0.05) is 12.8 Å². The van der Waals surface area contributed by atoms with Crippen molar-refractivity contribution in [2.75, 3.05) is 13.2 Å². The molecule has 0 aliphatic carbocycles. The molecule has 0 rings (SSSR count). The molecule has 0 bridgehead atoms. The van der Waals surface area contributed by atoms with Gasteiger partial charge >= 0.3 is 5.97 Å². The summed E-state index contributed by atoms with van der Waals surface area (Å²) in [5.74, 6) is -0.0189. The summed E-state index contributed by atoms with van der Waals surface area (Å²) in [5, 5.41) is 23.4. The molecule has 0 spiro atoms. The summed E-state index contributed by atoms with van der Waals surface area (Å²) in [7, 11) is 0. The molecule has 0 aromatic carbocycles. The molecule has 79 heavy (non-hydrogen) atoms. The van der Waals surface area contributed by atoms with Gasteiger partial charge in [-0.1, -0.05) is 366 Å². The number of carbonyl (C=O) groups excluding carboxylic acids is 2. The maximum atomic E-state index is 12.5. The van der Waals surface area contributed by atoms with Gasteiger partial charge in [0.2, 0.25) is 5.91 Å². The molecule has 6 heteroatoms. The minimum atomic E-state index is -0.669. The topological polar surface area (TPSA) is 95.9 Å². The first-order chi connectivity index (χ1) is 39.0. The minimum Gasteiger partial charge on any atom is -0.466 e. The number of esters is 1. The van der Waals surface area contributed by atoms with Crippen molar-refractivity contribution in [3.05, 3.63) is 12.2 Å². The lowest BCUT2D eigenvalue weighted by molar-refractivity contribution is -0.143. The van der Waals surface area contributed by atoms with E-state index in [-0.39, 0.29) is 18.5 Å². The first kappa shape index (κ1) is 77.6. The maximum absolute atomic E-state index is 12.5. The Hall–Kier alpha value is -1.40. The van der Waals surface area contributed by atoms with Crippen LogP contribution in [-0.4, -0.2) is 47.4 Å². The molecule has 3 N–H and O–H groups in total. The smallest absolute Gasteiger partial charge is 0.305 e. The molecule has 0 saturated heterocycles. The highest BCUT2D eigenvalue weighted by Crippen LogP contribution is 2.19. The van der Waals surface area contributed by atoms with Crippen LogP contribution in [0.5, 0.6) is 0 Å². The van der Waals surface area contributed by atoms with Gasteiger partial charge in [-0.25, -0.2) is 0 Å². The lowest BCUT2D eigenvalue weighted by atomic mass is 10.0. The van der Waals surface area contributed by atoms with Gasteiger partial charge in [0.25, 0.3) is 0 Å². The van der Waals surface area contributed by atoms with Crippen LogP contribution in [0.1, 0.15) is 418 Å². The third kappa shape index (κ3) is 65.6. The summed E-state index contributed by atoms with van der Waals surface area (Å²) >= 11 is 0. The molecule has 0 aliphatic heterocycles. The first-order valence-corrected chi connectivity index (χ1v) is 36.4. The molecular weight excluding hydrogens is 971 g/mol.